The van der Waals surface area contributed by atoms with E-state index in [1.165, 1.54) is 5.56 Å². The number of aromatic nitrogens is 2. The molecule has 0 aromatic carbocycles. The highest BCUT2D eigenvalue weighted by atomic mass is 35.5. The Morgan fingerprint density at radius 3 is 2.60 bits per heavy atom. The number of nitrogens with one attached hydrogen (secondary N) is 1. The van der Waals surface area contributed by atoms with Crippen molar-refractivity contribution in [3.05, 3.63) is 17.5 Å². The number of rotatable bonds is 6. The van der Waals surface area contributed by atoms with Crippen LogP contribution in [0.15, 0.2) is 6.20 Å². The molecule has 0 aliphatic carbocycles. The number of aryl methyl sites for hydroxylation is 2. The fourth-order valence-corrected chi connectivity index (χ4v) is 2.18. The highest BCUT2D eigenvalue weighted by Gasteiger charge is 2.09. The highest BCUT2D eigenvalue weighted by molar-refractivity contribution is 5.85. The minimum absolute atomic E-state index is 0. The molecule has 1 N–H and O–H groups in total. The van der Waals surface area contributed by atoms with Gasteiger partial charge in [0.2, 0.25) is 0 Å². The molecule has 0 atom stereocenters. The average molecular weight is 325 g/mol. The van der Waals surface area contributed by atoms with E-state index in [1.54, 1.807) is 0 Å². The molecule has 0 bridgehead atoms. The molecule has 1 aromatic rings. The van der Waals surface area contributed by atoms with E-state index in [9.17, 15) is 0 Å². The third kappa shape index (κ3) is 5.97. The van der Waals surface area contributed by atoms with Crippen molar-refractivity contribution in [3.63, 3.8) is 0 Å². The highest BCUT2D eigenvalue weighted by Crippen LogP contribution is 2.04. The van der Waals surface area contributed by atoms with Crippen molar-refractivity contribution >= 4 is 24.8 Å². The number of hydrogen-bond donors (Lipinski definition) is 1. The van der Waals surface area contributed by atoms with E-state index in [4.69, 9.17) is 4.74 Å². The van der Waals surface area contributed by atoms with E-state index in [2.05, 4.69) is 35.4 Å². The van der Waals surface area contributed by atoms with Crippen LogP contribution in [-0.2, 0) is 17.8 Å². The molecule has 0 saturated carbocycles. The summed E-state index contributed by atoms with van der Waals surface area (Å²) in [5.41, 5.74) is 2.44. The lowest BCUT2D eigenvalue weighted by Crippen LogP contribution is -2.40. The maximum atomic E-state index is 5.33. The van der Waals surface area contributed by atoms with Crippen molar-refractivity contribution in [2.24, 2.45) is 0 Å². The molecule has 1 saturated heterocycles. The van der Waals surface area contributed by atoms with Crippen LogP contribution in [0.2, 0.25) is 0 Å². The third-order valence-corrected chi connectivity index (χ3v) is 3.40. The van der Waals surface area contributed by atoms with Crippen LogP contribution in [0.3, 0.4) is 0 Å². The second-order valence-corrected chi connectivity index (χ2v) is 4.73. The molecule has 1 aromatic heterocycles. The Hall–Kier alpha value is -0.330. The number of nitrogens with zero attached hydrogens (tertiary/aromatic N) is 3. The molecule has 0 radical (unpaired) electrons. The van der Waals surface area contributed by atoms with Gasteiger partial charge in [0.1, 0.15) is 0 Å². The molecule has 1 aliphatic heterocycles. The van der Waals surface area contributed by atoms with Gasteiger partial charge in [-0.1, -0.05) is 0 Å². The first-order valence-corrected chi connectivity index (χ1v) is 6.83. The summed E-state index contributed by atoms with van der Waals surface area (Å²) in [6.45, 7) is 12.0. The monoisotopic (exact) mass is 324 g/mol. The molecule has 2 heterocycles. The zero-order valence-electron chi connectivity index (χ0n) is 12.3. The lowest BCUT2D eigenvalue weighted by atomic mass is 10.2. The van der Waals surface area contributed by atoms with Gasteiger partial charge in [0.25, 0.3) is 0 Å². The number of ether oxygens (including phenoxy) is 1. The van der Waals surface area contributed by atoms with Gasteiger partial charge >= 0.3 is 0 Å². The van der Waals surface area contributed by atoms with Gasteiger partial charge in [-0.15, -0.1) is 24.8 Å². The van der Waals surface area contributed by atoms with Crippen molar-refractivity contribution in [1.29, 1.82) is 0 Å². The van der Waals surface area contributed by atoms with Gasteiger partial charge in [-0.3, -0.25) is 9.58 Å². The molecule has 20 heavy (non-hydrogen) atoms. The van der Waals surface area contributed by atoms with Crippen molar-refractivity contribution < 1.29 is 4.74 Å². The Balaban J connectivity index is 0.00000180. The van der Waals surface area contributed by atoms with Crippen molar-refractivity contribution in [2.45, 2.75) is 26.9 Å². The van der Waals surface area contributed by atoms with Gasteiger partial charge in [0, 0.05) is 51.0 Å². The van der Waals surface area contributed by atoms with Crippen LogP contribution in [-0.4, -0.2) is 54.1 Å². The van der Waals surface area contributed by atoms with Crippen LogP contribution in [0.4, 0.5) is 0 Å². The molecular weight excluding hydrogens is 299 g/mol. The predicted octanol–water partition coefficient (Wildman–Crippen LogP) is 1.48. The van der Waals surface area contributed by atoms with E-state index in [0.29, 0.717) is 0 Å². The zero-order chi connectivity index (χ0) is 12.8. The number of hydrogen-bond acceptors (Lipinski definition) is 4. The van der Waals surface area contributed by atoms with Crippen molar-refractivity contribution in [3.8, 4) is 0 Å². The molecule has 1 aliphatic rings. The summed E-state index contributed by atoms with van der Waals surface area (Å²) in [5, 5.41) is 7.94. The summed E-state index contributed by atoms with van der Waals surface area (Å²) in [6, 6.07) is 0. The fourth-order valence-electron chi connectivity index (χ4n) is 2.18. The van der Waals surface area contributed by atoms with Gasteiger partial charge in [-0.2, -0.15) is 5.10 Å². The van der Waals surface area contributed by atoms with Crippen LogP contribution in [0.1, 0.15) is 18.2 Å². The Bertz CT molecular complexity index is 367. The Labute approximate surface area is 133 Å². The van der Waals surface area contributed by atoms with E-state index >= 15 is 0 Å². The van der Waals surface area contributed by atoms with Crippen molar-refractivity contribution in [1.82, 2.24) is 20.0 Å². The van der Waals surface area contributed by atoms with Gasteiger partial charge in [0.05, 0.1) is 18.9 Å². The molecule has 0 amide bonds. The Morgan fingerprint density at radius 1 is 1.30 bits per heavy atom. The molecule has 0 unspecified atom stereocenters. The van der Waals surface area contributed by atoms with Crippen LogP contribution in [0.25, 0.3) is 0 Å². The minimum atomic E-state index is 0. The smallest absolute Gasteiger partial charge is 0.0638 e. The Morgan fingerprint density at radius 2 is 2.00 bits per heavy atom. The quantitative estimate of drug-likeness (QED) is 0.805. The van der Waals surface area contributed by atoms with Crippen LogP contribution < -0.4 is 5.32 Å². The molecule has 0 spiro atoms. The molecule has 1 fully saturated rings. The van der Waals surface area contributed by atoms with Gasteiger partial charge in [-0.25, -0.2) is 0 Å². The standard InChI is InChI=1S/C13H24N4O.2ClH/c1-3-17-11-13(12(2)15-17)10-14-4-5-16-6-8-18-9-7-16;;/h11,14H,3-10H2,1-2H3;2*1H. The summed E-state index contributed by atoms with van der Waals surface area (Å²) in [6.07, 6.45) is 2.14. The first kappa shape index (κ1) is 19.7. The SMILES string of the molecule is CCn1cc(CNCCN2CCOCC2)c(C)n1.Cl.Cl. The van der Waals surface area contributed by atoms with Gasteiger partial charge in [0.15, 0.2) is 0 Å². The topological polar surface area (TPSA) is 42.3 Å². The van der Waals surface area contributed by atoms with Crippen LogP contribution in [0.5, 0.6) is 0 Å². The van der Waals surface area contributed by atoms with E-state index < -0.39 is 0 Å². The van der Waals surface area contributed by atoms with E-state index in [0.717, 1.165) is 58.2 Å². The first-order chi connectivity index (χ1) is 8.79. The molecular formula is C13H26Cl2N4O. The zero-order valence-corrected chi connectivity index (χ0v) is 13.9. The second kappa shape index (κ2) is 10.4. The molecule has 2 rings (SSSR count). The number of halogens is 2. The number of morpholine rings is 1. The molecule has 118 valence electrons. The van der Waals surface area contributed by atoms with Crippen LogP contribution in [0, 0.1) is 6.92 Å². The molecule has 7 heteroatoms. The first-order valence-electron chi connectivity index (χ1n) is 6.83. The summed E-state index contributed by atoms with van der Waals surface area (Å²) >= 11 is 0. The Kier molecular flexibility index (Phi) is 10.2. The summed E-state index contributed by atoms with van der Waals surface area (Å²) < 4.78 is 7.33. The largest absolute Gasteiger partial charge is 0.379 e. The summed E-state index contributed by atoms with van der Waals surface area (Å²) in [4.78, 5) is 2.44. The van der Waals surface area contributed by atoms with Crippen molar-refractivity contribution in [2.75, 3.05) is 39.4 Å². The molecule has 5 nitrogen and oxygen atoms in total. The van der Waals surface area contributed by atoms with E-state index in [-0.39, 0.29) is 24.8 Å². The normalized spacial score (nSPS) is 15.5. The second-order valence-electron chi connectivity index (χ2n) is 4.73. The average Bonchev–Trinajstić information content (AvgIpc) is 2.77. The van der Waals surface area contributed by atoms with Gasteiger partial charge < -0.3 is 10.1 Å². The third-order valence-electron chi connectivity index (χ3n) is 3.40. The fraction of sp³-hybridized carbons (Fsp3) is 0.769. The summed E-state index contributed by atoms with van der Waals surface area (Å²) in [7, 11) is 0. The van der Waals surface area contributed by atoms with Gasteiger partial charge in [-0.05, 0) is 13.8 Å². The van der Waals surface area contributed by atoms with Crippen LogP contribution >= 0.6 is 24.8 Å². The minimum Gasteiger partial charge on any atom is -0.379 e. The van der Waals surface area contributed by atoms with E-state index in [1.807, 2.05) is 4.68 Å². The lowest BCUT2D eigenvalue weighted by molar-refractivity contribution is 0.0384. The predicted molar refractivity (Wildman–Crippen MR) is 86.1 cm³/mol. The lowest BCUT2D eigenvalue weighted by Gasteiger charge is -2.26. The maximum absolute atomic E-state index is 5.33. The maximum Gasteiger partial charge on any atom is 0.0638 e. The summed E-state index contributed by atoms with van der Waals surface area (Å²) in [5.74, 6) is 0.